The fourth-order valence-electron chi connectivity index (χ4n) is 8.58. The zero-order valence-electron chi connectivity index (χ0n) is 28.7. The molecule has 0 radical (unpaired) electrons. The maximum absolute atomic E-state index is 2.62. The van der Waals surface area contributed by atoms with E-state index in [1.807, 2.05) is 36.4 Å². The first-order chi connectivity index (χ1) is 20.3. The van der Waals surface area contributed by atoms with Gasteiger partial charge in [0.05, 0.1) is 0 Å². The van der Waals surface area contributed by atoms with Crippen molar-refractivity contribution in [2.75, 3.05) is 0 Å². The summed E-state index contributed by atoms with van der Waals surface area (Å²) >= 11 is 1.17. The van der Waals surface area contributed by atoms with E-state index in [-0.39, 0.29) is 46.5 Å². The second kappa shape index (κ2) is 14.1. The minimum Gasteiger partial charge on any atom is -1.00 e. The first kappa shape index (κ1) is 37.7. The second-order valence-electron chi connectivity index (χ2n) is 14.7. The zero-order chi connectivity index (χ0) is 31.2. The quantitative estimate of drug-likeness (QED) is 0.236. The molecule has 238 valence electrons. The van der Waals surface area contributed by atoms with Crippen molar-refractivity contribution in [3.63, 3.8) is 0 Å². The molecule has 4 aliphatic rings. The average molecular weight is 804 g/mol. The molecule has 0 aliphatic heterocycles. The van der Waals surface area contributed by atoms with Crippen molar-refractivity contribution in [3.8, 4) is 0 Å². The molecular weight excluding hydrogens is 754 g/mol. The van der Waals surface area contributed by atoms with Crippen molar-refractivity contribution < 1.29 is 48.7 Å². The van der Waals surface area contributed by atoms with Crippen LogP contribution in [0.15, 0.2) is 114 Å². The van der Waals surface area contributed by atoms with Crippen molar-refractivity contribution in [1.29, 1.82) is 0 Å². The Kier molecular flexibility index (Phi) is 11.8. The van der Waals surface area contributed by atoms with Crippen molar-refractivity contribution in [3.05, 3.63) is 136 Å². The molecule has 45 heavy (non-hydrogen) atoms. The number of hydrogen-bond donors (Lipinski definition) is 0. The standard InChI is InChI=1S/C29H37.C8H8.C5H5.2ClH.Hf/c1-18-25-22-17-19-13-9-10-14-20(19)24(22)21-15-11-12-16-23(21)29(25,8)28(6,7)27(4,5)26(18,2)3;1-2-8-6-4-3-5-7-8;1-2-4-5-3-1;;;/h9-11,13-15,23H,12,16-17H2,1-8H3;3-7H,1H3;1-5H;2*1H;/q-1;;-1;;;+2/p-2. The predicted octanol–water partition coefficient (Wildman–Crippen LogP) is 5.15. The van der Waals surface area contributed by atoms with Gasteiger partial charge in [-0.25, -0.2) is 18.1 Å². The van der Waals surface area contributed by atoms with Crippen LogP contribution < -0.4 is 24.8 Å². The Labute approximate surface area is 301 Å². The summed E-state index contributed by atoms with van der Waals surface area (Å²) < 4.78 is 1.51. The Morgan fingerprint density at radius 3 is 1.98 bits per heavy atom. The Morgan fingerprint density at radius 1 is 0.822 bits per heavy atom. The van der Waals surface area contributed by atoms with Crippen LogP contribution >= 0.6 is 0 Å². The van der Waals surface area contributed by atoms with E-state index in [2.05, 4.69) is 123 Å². The molecule has 0 saturated heterocycles. The summed E-state index contributed by atoms with van der Waals surface area (Å²) in [5.41, 5.74) is 11.7. The van der Waals surface area contributed by atoms with Gasteiger partial charge in [0.2, 0.25) is 0 Å². The fraction of sp³-hybridized carbons (Fsp3) is 0.405. The second-order valence-corrected chi connectivity index (χ2v) is 17.4. The normalized spacial score (nSPS) is 24.2. The SMILES string of the molecule is C[C-]1C2=C3Cc4ccccc4C3=C3C=CCCC3C2(C)C(C)(C)C(C)(C)C1(C)C.C[C](=[Hf+2])c1ccccc1.[Cl-].[Cl-].c1cc[cH-]c1. The van der Waals surface area contributed by atoms with Crippen molar-refractivity contribution in [2.24, 2.45) is 27.6 Å². The molecule has 2 atom stereocenters. The van der Waals surface area contributed by atoms with Gasteiger partial charge in [-0.2, -0.15) is 29.3 Å². The van der Waals surface area contributed by atoms with Gasteiger partial charge in [-0.1, -0.05) is 113 Å². The third-order valence-corrected chi connectivity index (χ3v) is 13.6. The van der Waals surface area contributed by atoms with Gasteiger partial charge in [0.15, 0.2) is 0 Å². The molecule has 0 spiro atoms. The van der Waals surface area contributed by atoms with E-state index >= 15 is 0 Å². The van der Waals surface area contributed by atoms with Crippen LogP contribution in [0, 0.1) is 33.5 Å². The van der Waals surface area contributed by atoms with E-state index in [9.17, 15) is 0 Å². The minimum absolute atomic E-state index is 0. The van der Waals surface area contributed by atoms with E-state index < -0.39 is 0 Å². The number of hydrogen-bond acceptors (Lipinski definition) is 0. The van der Waals surface area contributed by atoms with Gasteiger partial charge in [0.25, 0.3) is 0 Å². The molecule has 1 saturated carbocycles. The third kappa shape index (κ3) is 6.05. The van der Waals surface area contributed by atoms with Crippen LogP contribution in [0.25, 0.3) is 5.57 Å². The van der Waals surface area contributed by atoms with Gasteiger partial charge >= 0.3 is 70.0 Å². The summed E-state index contributed by atoms with van der Waals surface area (Å²) in [5, 5.41) is 0. The molecule has 3 aromatic rings. The van der Waals surface area contributed by atoms with E-state index in [0.29, 0.717) is 5.92 Å². The summed E-state index contributed by atoms with van der Waals surface area (Å²) in [6.45, 7) is 22.5. The Bertz CT molecular complexity index is 1550. The number of rotatable bonds is 1. The summed E-state index contributed by atoms with van der Waals surface area (Å²) in [7, 11) is 0. The van der Waals surface area contributed by atoms with Crippen LogP contribution in [0.1, 0.15) is 91.8 Å². The monoisotopic (exact) mass is 804 g/mol. The minimum atomic E-state index is 0. The smallest absolute Gasteiger partial charge is 0.172 e. The number of fused-ring (bicyclic) bond motifs is 6. The third-order valence-electron chi connectivity index (χ3n) is 12.6. The van der Waals surface area contributed by atoms with Gasteiger partial charge in [0, 0.05) is 0 Å². The predicted molar refractivity (Wildman–Crippen MR) is 183 cm³/mol. The van der Waals surface area contributed by atoms with Gasteiger partial charge in [-0.3, -0.25) is 0 Å². The number of benzene rings is 2. The van der Waals surface area contributed by atoms with Crippen molar-refractivity contribution >= 4 is 8.83 Å². The molecule has 0 amide bonds. The summed E-state index contributed by atoms with van der Waals surface area (Å²) in [6.07, 6.45) is 8.50. The summed E-state index contributed by atoms with van der Waals surface area (Å²) in [5.74, 6) is 2.24. The Hall–Kier alpha value is -1.80. The van der Waals surface area contributed by atoms with E-state index in [1.54, 1.807) is 28.2 Å². The van der Waals surface area contributed by atoms with E-state index in [1.165, 1.54) is 56.7 Å². The summed E-state index contributed by atoms with van der Waals surface area (Å²) in [6, 6.07) is 29.7. The van der Waals surface area contributed by atoms with Gasteiger partial charge in [-0.05, 0) is 40.6 Å². The molecule has 3 heteroatoms. The van der Waals surface area contributed by atoms with E-state index in [4.69, 9.17) is 0 Å². The largest absolute Gasteiger partial charge is 1.00 e. The molecule has 7 rings (SSSR count). The first-order valence-corrected chi connectivity index (χ1v) is 17.9. The first-order valence-electron chi connectivity index (χ1n) is 16.1. The van der Waals surface area contributed by atoms with Crippen LogP contribution in [0.4, 0.5) is 0 Å². The molecule has 1 fully saturated rings. The molecule has 0 heterocycles. The Balaban J connectivity index is 0.000000286. The van der Waals surface area contributed by atoms with Crippen LogP contribution in [-0.2, 0) is 30.3 Å². The van der Waals surface area contributed by atoms with Crippen LogP contribution in [-0.4, -0.2) is 3.26 Å². The van der Waals surface area contributed by atoms with Crippen LogP contribution in [0.5, 0.6) is 0 Å². The van der Waals surface area contributed by atoms with Crippen molar-refractivity contribution in [2.45, 2.75) is 81.6 Å². The molecule has 4 aliphatic carbocycles. The molecule has 0 nitrogen and oxygen atoms in total. The van der Waals surface area contributed by atoms with Gasteiger partial charge in [-0.15, -0.1) is 6.92 Å². The topological polar surface area (TPSA) is 0 Å². The van der Waals surface area contributed by atoms with Gasteiger partial charge in [0.1, 0.15) is 0 Å². The number of halogens is 2. The zero-order valence-corrected chi connectivity index (χ0v) is 33.8. The maximum Gasteiger partial charge on any atom is -0.172 e. The average Bonchev–Trinajstić information content (AvgIpc) is 3.69. The van der Waals surface area contributed by atoms with Gasteiger partial charge < -0.3 is 24.8 Å². The summed E-state index contributed by atoms with van der Waals surface area (Å²) in [4.78, 5) is 0. The van der Waals surface area contributed by atoms with Crippen LogP contribution in [0.3, 0.4) is 0 Å². The molecule has 0 aromatic heterocycles. The molecule has 0 N–H and O–H groups in total. The molecule has 2 unspecified atom stereocenters. The molecule has 3 aromatic carbocycles. The number of allylic oxidation sites excluding steroid dienone is 6. The van der Waals surface area contributed by atoms with Crippen LogP contribution in [0.2, 0.25) is 0 Å². The Morgan fingerprint density at radius 2 is 1.42 bits per heavy atom. The maximum atomic E-state index is 2.62. The van der Waals surface area contributed by atoms with E-state index in [0.717, 1.165) is 6.42 Å². The fourth-order valence-corrected chi connectivity index (χ4v) is 9.18. The molecule has 0 bridgehead atoms. The van der Waals surface area contributed by atoms with Crippen molar-refractivity contribution in [1.82, 2.24) is 0 Å². The molecular formula is C42H50Cl2Hf-2.